The number of likely N-dealkylation sites (tertiary alicyclic amines) is 1. The summed E-state index contributed by atoms with van der Waals surface area (Å²) in [5.41, 5.74) is 7.62. The Labute approximate surface area is 210 Å². The van der Waals surface area contributed by atoms with E-state index in [0.29, 0.717) is 0 Å². The van der Waals surface area contributed by atoms with E-state index in [9.17, 15) is 4.79 Å². The lowest BCUT2D eigenvalue weighted by molar-refractivity contribution is 0.0940. The summed E-state index contributed by atoms with van der Waals surface area (Å²) in [7, 11) is 0. The number of benzene rings is 3. The number of carbonyl (C=O) groups is 1. The fraction of sp³-hybridized carbons (Fsp3) is 0.406. The van der Waals surface area contributed by atoms with Crippen LogP contribution in [0.15, 0.2) is 72.8 Å². The second kappa shape index (κ2) is 11.2. The highest BCUT2D eigenvalue weighted by atomic mass is 16.1. The van der Waals surface area contributed by atoms with Crippen LogP contribution < -0.4 is 5.32 Å². The van der Waals surface area contributed by atoms with Crippen LogP contribution in [0.5, 0.6) is 0 Å². The van der Waals surface area contributed by atoms with Crippen LogP contribution in [0, 0.1) is 5.92 Å². The number of nitrogens with one attached hydrogen (secondary N) is 1. The van der Waals surface area contributed by atoms with Crippen LogP contribution in [0.4, 0.5) is 0 Å². The highest BCUT2D eigenvalue weighted by molar-refractivity contribution is 5.94. The van der Waals surface area contributed by atoms with Crippen molar-refractivity contribution in [1.29, 1.82) is 0 Å². The third kappa shape index (κ3) is 6.21. The van der Waals surface area contributed by atoms with Crippen LogP contribution in [0.1, 0.15) is 76.8 Å². The minimum atomic E-state index is 0.00324. The van der Waals surface area contributed by atoms with Crippen LogP contribution in [0.3, 0.4) is 0 Å². The normalized spacial score (nSPS) is 17.5. The molecule has 1 unspecified atom stereocenters. The molecule has 0 aromatic heterocycles. The van der Waals surface area contributed by atoms with E-state index < -0.39 is 0 Å². The SMILES string of the molecule is CC(NC(=O)c1ccc(CN2CCC(Cc3ccccc3)CC2)cc1)c1ccc2c(c1)CCCC2. The molecule has 0 saturated carbocycles. The van der Waals surface area contributed by atoms with Crippen molar-refractivity contribution in [3.8, 4) is 0 Å². The number of hydrogen-bond acceptors (Lipinski definition) is 2. The van der Waals surface area contributed by atoms with Crippen molar-refractivity contribution in [3.05, 3.63) is 106 Å². The Kier molecular flexibility index (Phi) is 7.63. The molecule has 1 heterocycles. The van der Waals surface area contributed by atoms with Crippen molar-refractivity contribution < 1.29 is 4.79 Å². The van der Waals surface area contributed by atoms with Crippen molar-refractivity contribution in [2.75, 3.05) is 13.1 Å². The van der Waals surface area contributed by atoms with Gasteiger partial charge in [0.25, 0.3) is 5.91 Å². The second-order valence-corrected chi connectivity index (χ2v) is 10.5. The van der Waals surface area contributed by atoms with Gasteiger partial charge in [-0.15, -0.1) is 0 Å². The fourth-order valence-corrected chi connectivity index (χ4v) is 5.70. The van der Waals surface area contributed by atoms with Gasteiger partial charge in [0.05, 0.1) is 6.04 Å². The zero-order chi connectivity index (χ0) is 24.0. The van der Waals surface area contributed by atoms with Crippen molar-refractivity contribution in [2.45, 2.75) is 64.5 Å². The van der Waals surface area contributed by atoms with Gasteiger partial charge in [-0.1, -0.05) is 60.7 Å². The molecule has 3 aromatic rings. The number of piperidine rings is 1. The molecule has 1 saturated heterocycles. The maximum Gasteiger partial charge on any atom is 0.251 e. The van der Waals surface area contributed by atoms with E-state index in [4.69, 9.17) is 0 Å². The lowest BCUT2D eigenvalue weighted by atomic mass is 9.89. The van der Waals surface area contributed by atoms with E-state index in [0.717, 1.165) is 37.5 Å². The summed E-state index contributed by atoms with van der Waals surface area (Å²) >= 11 is 0. The molecule has 1 amide bonds. The molecule has 1 atom stereocenters. The number of hydrogen-bond donors (Lipinski definition) is 1. The van der Waals surface area contributed by atoms with E-state index in [2.05, 4.69) is 77.8 Å². The summed E-state index contributed by atoms with van der Waals surface area (Å²) in [5, 5.41) is 3.20. The van der Waals surface area contributed by atoms with Gasteiger partial charge in [-0.2, -0.15) is 0 Å². The number of aryl methyl sites for hydroxylation is 2. The molecule has 0 radical (unpaired) electrons. The summed E-state index contributed by atoms with van der Waals surface area (Å²) in [4.78, 5) is 15.4. The summed E-state index contributed by atoms with van der Waals surface area (Å²) in [5.74, 6) is 0.792. The molecular formula is C32H38N2O. The van der Waals surface area contributed by atoms with E-state index in [-0.39, 0.29) is 11.9 Å². The standard InChI is InChI=1S/C32H38N2O/c1-24(30-16-15-28-9-5-6-10-31(28)22-30)33-32(35)29-13-11-27(12-14-29)23-34-19-17-26(18-20-34)21-25-7-3-2-4-8-25/h2-4,7-8,11-16,22,24,26H,5-6,9-10,17-21,23H2,1H3,(H,33,35). The Morgan fingerprint density at radius 1 is 0.886 bits per heavy atom. The molecule has 1 aliphatic carbocycles. The molecule has 3 nitrogen and oxygen atoms in total. The third-order valence-electron chi connectivity index (χ3n) is 7.92. The van der Waals surface area contributed by atoms with E-state index in [1.54, 1.807) is 0 Å². The lowest BCUT2D eigenvalue weighted by Gasteiger charge is -2.32. The van der Waals surface area contributed by atoms with Crippen molar-refractivity contribution >= 4 is 5.91 Å². The Bertz CT molecular complexity index is 1110. The molecule has 0 bridgehead atoms. The first-order chi connectivity index (χ1) is 17.1. The van der Waals surface area contributed by atoms with Crippen molar-refractivity contribution in [3.63, 3.8) is 0 Å². The first-order valence-electron chi connectivity index (χ1n) is 13.4. The average molecular weight is 467 g/mol. The van der Waals surface area contributed by atoms with Crippen LogP contribution in [0.25, 0.3) is 0 Å². The van der Waals surface area contributed by atoms with Gasteiger partial charge in [-0.05, 0) is 111 Å². The lowest BCUT2D eigenvalue weighted by Crippen LogP contribution is -2.33. The van der Waals surface area contributed by atoms with Gasteiger partial charge < -0.3 is 5.32 Å². The predicted molar refractivity (Wildman–Crippen MR) is 144 cm³/mol. The quantitative estimate of drug-likeness (QED) is 0.430. The Hall–Kier alpha value is -2.91. The highest BCUT2D eigenvalue weighted by Crippen LogP contribution is 2.25. The predicted octanol–water partition coefficient (Wildman–Crippen LogP) is 6.51. The molecule has 5 rings (SSSR count). The van der Waals surface area contributed by atoms with Crippen LogP contribution in [-0.4, -0.2) is 23.9 Å². The Balaban J connectivity index is 1.10. The molecule has 35 heavy (non-hydrogen) atoms. The topological polar surface area (TPSA) is 32.3 Å². The smallest absolute Gasteiger partial charge is 0.251 e. The van der Waals surface area contributed by atoms with Gasteiger partial charge in [0.1, 0.15) is 0 Å². The molecule has 0 spiro atoms. The highest BCUT2D eigenvalue weighted by Gasteiger charge is 2.20. The van der Waals surface area contributed by atoms with Crippen LogP contribution in [0.2, 0.25) is 0 Å². The van der Waals surface area contributed by atoms with Crippen LogP contribution in [-0.2, 0) is 25.8 Å². The number of fused-ring (bicyclic) bond motifs is 1. The third-order valence-corrected chi connectivity index (χ3v) is 7.92. The maximum absolute atomic E-state index is 12.9. The van der Waals surface area contributed by atoms with Gasteiger partial charge in [0.2, 0.25) is 0 Å². The zero-order valence-corrected chi connectivity index (χ0v) is 21.0. The van der Waals surface area contributed by atoms with Crippen LogP contribution >= 0.6 is 0 Å². The van der Waals surface area contributed by atoms with Crippen molar-refractivity contribution in [2.24, 2.45) is 5.92 Å². The Morgan fingerprint density at radius 3 is 2.34 bits per heavy atom. The van der Waals surface area contributed by atoms with Gasteiger partial charge in [-0.25, -0.2) is 0 Å². The fourth-order valence-electron chi connectivity index (χ4n) is 5.70. The van der Waals surface area contributed by atoms with Gasteiger partial charge >= 0.3 is 0 Å². The molecule has 182 valence electrons. The van der Waals surface area contributed by atoms with E-state index >= 15 is 0 Å². The molecule has 2 aliphatic rings. The summed E-state index contributed by atoms with van der Waals surface area (Å²) in [6, 6.07) is 25.8. The molecule has 1 aliphatic heterocycles. The van der Waals surface area contributed by atoms with Gasteiger partial charge in [-0.3, -0.25) is 9.69 Å². The summed E-state index contributed by atoms with van der Waals surface area (Å²) < 4.78 is 0. The first-order valence-corrected chi connectivity index (χ1v) is 13.4. The first kappa shape index (κ1) is 23.8. The van der Waals surface area contributed by atoms with Gasteiger partial charge in [0.15, 0.2) is 0 Å². The van der Waals surface area contributed by atoms with Crippen molar-refractivity contribution in [1.82, 2.24) is 10.2 Å². The average Bonchev–Trinajstić information content (AvgIpc) is 2.90. The number of carbonyl (C=O) groups excluding carboxylic acids is 1. The number of amides is 1. The monoisotopic (exact) mass is 466 g/mol. The second-order valence-electron chi connectivity index (χ2n) is 10.5. The molecular weight excluding hydrogens is 428 g/mol. The molecule has 3 heteroatoms. The van der Waals surface area contributed by atoms with E-state index in [1.807, 2.05) is 12.1 Å². The largest absolute Gasteiger partial charge is 0.346 e. The molecule has 1 fully saturated rings. The molecule has 1 N–H and O–H groups in total. The number of rotatable bonds is 7. The summed E-state index contributed by atoms with van der Waals surface area (Å²) in [6.07, 6.45) is 8.63. The minimum Gasteiger partial charge on any atom is -0.346 e. The number of nitrogens with zero attached hydrogens (tertiary/aromatic N) is 1. The maximum atomic E-state index is 12.9. The zero-order valence-electron chi connectivity index (χ0n) is 21.0. The van der Waals surface area contributed by atoms with Gasteiger partial charge in [0, 0.05) is 12.1 Å². The summed E-state index contributed by atoms with van der Waals surface area (Å²) in [6.45, 7) is 5.35. The van der Waals surface area contributed by atoms with E-state index in [1.165, 1.54) is 66.3 Å². The Morgan fingerprint density at radius 2 is 1.60 bits per heavy atom. The minimum absolute atomic E-state index is 0.00324. The molecule has 3 aromatic carbocycles.